The van der Waals surface area contributed by atoms with Gasteiger partial charge in [0.05, 0.1) is 16.0 Å². The Morgan fingerprint density at radius 1 is 1.06 bits per heavy atom. The Balaban J connectivity index is 1.42. The molecule has 5 rings (SSSR count). The van der Waals surface area contributed by atoms with Crippen LogP contribution in [-0.2, 0) is 13.0 Å². The van der Waals surface area contributed by atoms with Gasteiger partial charge in [-0.2, -0.15) is 0 Å². The number of carbonyl (C=O) groups excluding carboxylic acids is 2. The molecular formula is C23H18ClN5O2. The number of aromatic amines is 1. The molecule has 1 amide bonds. The van der Waals surface area contributed by atoms with Crippen molar-refractivity contribution in [2.75, 3.05) is 12.3 Å². The fraction of sp³-hybridized carbons (Fsp3) is 0.130. The minimum absolute atomic E-state index is 0.111. The number of fused-ring (bicyclic) bond motifs is 2. The molecule has 0 aliphatic carbocycles. The second-order valence-corrected chi connectivity index (χ2v) is 7.86. The molecule has 7 nitrogen and oxygen atoms in total. The van der Waals surface area contributed by atoms with Crippen molar-refractivity contribution in [3.63, 3.8) is 0 Å². The minimum atomic E-state index is -0.316. The number of nitrogens with one attached hydrogen (secondary N) is 1. The summed E-state index contributed by atoms with van der Waals surface area (Å²) in [4.78, 5) is 38.9. The van der Waals surface area contributed by atoms with Crippen molar-refractivity contribution in [1.82, 2.24) is 19.9 Å². The molecule has 4 aromatic rings. The fourth-order valence-electron chi connectivity index (χ4n) is 3.99. The molecule has 0 fully saturated rings. The number of carbonyl (C=O) groups is 2. The summed E-state index contributed by atoms with van der Waals surface area (Å²) in [7, 11) is 0. The molecule has 0 saturated heterocycles. The van der Waals surface area contributed by atoms with Crippen LogP contribution in [0.1, 0.15) is 37.4 Å². The van der Waals surface area contributed by atoms with Crippen molar-refractivity contribution in [2.45, 2.75) is 13.0 Å². The predicted molar refractivity (Wildman–Crippen MR) is 118 cm³/mol. The van der Waals surface area contributed by atoms with E-state index in [0.717, 1.165) is 12.0 Å². The lowest BCUT2D eigenvalue weighted by molar-refractivity contribution is 0.0734. The molecule has 8 heteroatoms. The zero-order valence-corrected chi connectivity index (χ0v) is 17.2. The topological polar surface area (TPSA) is 105 Å². The lowest BCUT2D eigenvalue weighted by Gasteiger charge is -2.29. The number of nitrogens with two attached hydrogens (primary N) is 1. The van der Waals surface area contributed by atoms with E-state index in [-0.39, 0.29) is 28.1 Å². The first-order valence-electron chi connectivity index (χ1n) is 9.81. The summed E-state index contributed by atoms with van der Waals surface area (Å²) in [6, 6.07) is 12.9. The van der Waals surface area contributed by atoms with Gasteiger partial charge in [-0.1, -0.05) is 35.9 Å². The molecule has 0 radical (unpaired) electrons. The Labute approximate surface area is 182 Å². The Morgan fingerprint density at radius 2 is 1.87 bits per heavy atom. The molecule has 3 heterocycles. The van der Waals surface area contributed by atoms with E-state index in [0.29, 0.717) is 35.2 Å². The van der Waals surface area contributed by atoms with Crippen LogP contribution in [-0.4, -0.2) is 38.1 Å². The van der Waals surface area contributed by atoms with E-state index < -0.39 is 0 Å². The molecule has 31 heavy (non-hydrogen) atoms. The number of amides is 1. The summed E-state index contributed by atoms with van der Waals surface area (Å²) in [6.07, 6.45) is 3.68. The van der Waals surface area contributed by atoms with E-state index in [2.05, 4.69) is 21.0 Å². The Hall–Kier alpha value is -3.71. The summed E-state index contributed by atoms with van der Waals surface area (Å²) in [5.74, 6) is -0.216. The molecule has 1 aliphatic heterocycles. The third-order valence-corrected chi connectivity index (χ3v) is 5.94. The second kappa shape index (κ2) is 7.52. The first-order chi connectivity index (χ1) is 15.0. The maximum absolute atomic E-state index is 13.1. The lowest BCUT2D eigenvalue weighted by atomic mass is 9.98. The number of hydrogen-bond donors (Lipinski definition) is 2. The predicted octanol–water partition coefficient (Wildman–Crippen LogP) is 3.62. The van der Waals surface area contributed by atoms with E-state index >= 15 is 0 Å². The van der Waals surface area contributed by atoms with Crippen LogP contribution < -0.4 is 5.73 Å². The highest BCUT2D eigenvalue weighted by molar-refractivity contribution is 6.36. The number of hydrogen-bond acceptors (Lipinski definition) is 5. The number of halogens is 1. The maximum Gasteiger partial charge on any atom is 0.254 e. The van der Waals surface area contributed by atoms with Crippen molar-refractivity contribution in [2.24, 2.45) is 0 Å². The SMILES string of the molecule is Nc1ncnc2[nH]cc(C(=O)c3ccc(C(=O)N4CCc5ccccc5C4)cc3Cl)c12. The maximum atomic E-state index is 13.1. The van der Waals surface area contributed by atoms with Crippen molar-refractivity contribution in [3.8, 4) is 0 Å². The molecule has 3 N–H and O–H groups in total. The van der Waals surface area contributed by atoms with Crippen LogP contribution in [0, 0.1) is 0 Å². The zero-order chi connectivity index (χ0) is 21.5. The number of anilines is 1. The zero-order valence-electron chi connectivity index (χ0n) is 16.4. The van der Waals surface area contributed by atoms with Gasteiger partial charge in [0.15, 0.2) is 5.78 Å². The van der Waals surface area contributed by atoms with Crippen molar-refractivity contribution in [3.05, 3.63) is 87.8 Å². The van der Waals surface area contributed by atoms with E-state index in [9.17, 15) is 9.59 Å². The molecule has 0 unspecified atom stereocenters. The fourth-order valence-corrected chi connectivity index (χ4v) is 4.26. The highest BCUT2D eigenvalue weighted by Crippen LogP contribution is 2.28. The van der Waals surface area contributed by atoms with Crippen LogP contribution in [0.4, 0.5) is 5.82 Å². The molecule has 154 valence electrons. The van der Waals surface area contributed by atoms with Crippen LogP contribution in [0.5, 0.6) is 0 Å². The van der Waals surface area contributed by atoms with E-state index in [1.54, 1.807) is 29.3 Å². The Morgan fingerprint density at radius 3 is 2.68 bits per heavy atom. The van der Waals surface area contributed by atoms with Gasteiger partial charge in [-0.05, 0) is 35.7 Å². The molecule has 2 aromatic heterocycles. The minimum Gasteiger partial charge on any atom is -0.383 e. The average molecular weight is 432 g/mol. The van der Waals surface area contributed by atoms with Gasteiger partial charge in [0.25, 0.3) is 5.91 Å². The quantitative estimate of drug-likeness (QED) is 0.482. The van der Waals surface area contributed by atoms with Crippen LogP contribution >= 0.6 is 11.6 Å². The van der Waals surface area contributed by atoms with Crippen molar-refractivity contribution < 1.29 is 9.59 Å². The molecule has 1 aliphatic rings. The summed E-state index contributed by atoms with van der Waals surface area (Å²) in [5.41, 5.74) is 9.89. The largest absolute Gasteiger partial charge is 0.383 e. The Kier molecular flexibility index (Phi) is 4.67. The van der Waals surface area contributed by atoms with Crippen molar-refractivity contribution in [1.29, 1.82) is 0 Å². The smallest absolute Gasteiger partial charge is 0.254 e. The lowest BCUT2D eigenvalue weighted by Crippen LogP contribution is -2.35. The summed E-state index contributed by atoms with van der Waals surface area (Å²) >= 11 is 6.43. The number of H-pyrrole nitrogens is 1. The number of aromatic nitrogens is 3. The van der Waals surface area contributed by atoms with Gasteiger partial charge in [0.2, 0.25) is 0 Å². The van der Waals surface area contributed by atoms with Gasteiger partial charge in [-0.15, -0.1) is 0 Å². The normalized spacial score (nSPS) is 13.3. The third-order valence-electron chi connectivity index (χ3n) is 5.62. The summed E-state index contributed by atoms with van der Waals surface area (Å²) in [6.45, 7) is 1.20. The Bertz CT molecular complexity index is 1350. The number of nitrogens with zero attached hydrogens (tertiary/aromatic N) is 3. The van der Waals surface area contributed by atoms with Crippen molar-refractivity contribution >= 4 is 40.1 Å². The number of nitrogen functional groups attached to an aromatic ring is 1. The van der Waals surface area contributed by atoms with Gasteiger partial charge >= 0.3 is 0 Å². The molecule has 0 bridgehead atoms. The van der Waals surface area contributed by atoms with Crippen LogP contribution in [0.15, 0.2) is 55.0 Å². The van der Waals surface area contributed by atoms with Crippen LogP contribution in [0.3, 0.4) is 0 Å². The van der Waals surface area contributed by atoms with Gasteiger partial charge < -0.3 is 15.6 Å². The molecule has 2 aromatic carbocycles. The standard InChI is InChI=1S/C23H18ClN5O2/c24-18-9-14(23(31)29-8-7-13-3-1-2-4-15(13)11-29)5-6-16(18)20(30)17-10-26-22-19(17)21(25)27-12-28-22/h1-6,9-10,12H,7-8,11H2,(H3,25,26,27,28). The average Bonchev–Trinajstić information content (AvgIpc) is 3.23. The number of benzene rings is 2. The molecule has 0 spiro atoms. The van der Waals surface area contributed by atoms with Gasteiger partial charge in [0.1, 0.15) is 17.8 Å². The van der Waals surface area contributed by atoms with E-state index in [1.165, 1.54) is 11.9 Å². The monoisotopic (exact) mass is 431 g/mol. The molecular weight excluding hydrogens is 414 g/mol. The number of rotatable bonds is 3. The van der Waals surface area contributed by atoms with Crippen LogP contribution in [0.2, 0.25) is 5.02 Å². The van der Waals surface area contributed by atoms with E-state index in [1.807, 2.05) is 18.2 Å². The second-order valence-electron chi connectivity index (χ2n) is 7.45. The van der Waals surface area contributed by atoms with Crippen LogP contribution in [0.25, 0.3) is 11.0 Å². The first-order valence-corrected chi connectivity index (χ1v) is 10.2. The summed E-state index contributed by atoms with van der Waals surface area (Å²) < 4.78 is 0. The molecule has 0 saturated carbocycles. The van der Waals surface area contributed by atoms with Gasteiger partial charge in [0, 0.05) is 30.4 Å². The van der Waals surface area contributed by atoms with Gasteiger partial charge in [-0.25, -0.2) is 9.97 Å². The van der Waals surface area contributed by atoms with Gasteiger partial charge in [-0.3, -0.25) is 9.59 Å². The van der Waals surface area contributed by atoms with E-state index in [4.69, 9.17) is 17.3 Å². The first kappa shape index (κ1) is 19.3. The summed E-state index contributed by atoms with van der Waals surface area (Å²) in [5, 5.41) is 0.661. The highest BCUT2D eigenvalue weighted by Gasteiger charge is 2.24. The number of ketones is 1. The molecule has 0 atom stereocenters. The third kappa shape index (κ3) is 3.33. The highest BCUT2D eigenvalue weighted by atomic mass is 35.5.